The van der Waals surface area contributed by atoms with Crippen molar-refractivity contribution in [1.82, 2.24) is 0 Å². The van der Waals surface area contributed by atoms with Gasteiger partial charge in [0.05, 0.1) is 11.4 Å². The smallest absolute Gasteiger partial charge is 0.264 e. The molecule has 0 spiro atoms. The number of nitrogens with one attached hydrogen (secondary N) is 1. The second kappa shape index (κ2) is 5.50. The Morgan fingerprint density at radius 2 is 1.81 bits per heavy atom. The third-order valence-electron chi connectivity index (χ3n) is 2.76. The lowest BCUT2D eigenvalue weighted by molar-refractivity contribution is 0.590. The van der Waals surface area contributed by atoms with E-state index in [1.165, 1.54) is 19.1 Å². The first-order valence-electron chi connectivity index (χ1n) is 5.74. The third kappa shape index (κ3) is 3.25. The van der Waals surface area contributed by atoms with Crippen LogP contribution in [0.25, 0.3) is 0 Å². The van der Waals surface area contributed by atoms with Crippen molar-refractivity contribution in [1.29, 1.82) is 0 Å². The quantitative estimate of drug-likeness (QED) is 0.847. The van der Waals surface area contributed by atoms with Gasteiger partial charge in [-0.2, -0.15) is 0 Å². The molecule has 0 fully saturated rings. The number of anilines is 2. The van der Waals surface area contributed by atoms with Crippen molar-refractivity contribution in [3.63, 3.8) is 0 Å². The number of halogens is 3. The Morgan fingerprint density at radius 3 is 2.48 bits per heavy atom. The number of aryl methyl sites for hydroxylation is 1. The minimum Gasteiger partial charge on any atom is -0.398 e. The lowest BCUT2D eigenvalue weighted by Crippen LogP contribution is -2.16. The molecule has 112 valence electrons. The van der Waals surface area contributed by atoms with Crippen LogP contribution in [0, 0.1) is 18.6 Å². The van der Waals surface area contributed by atoms with Gasteiger partial charge in [0.25, 0.3) is 10.0 Å². The summed E-state index contributed by atoms with van der Waals surface area (Å²) in [5, 5.41) is 0.153. The Hall–Kier alpha value is -1.86. The largest absolute Gasteiger partial charge is 0.398 e. The summed E-state index contributed by atoms with van der Waals surface area (Å²) in [6.07, 6.45) is 0. The zero-order valence-electron chi connectivity index (χ0n) is 10.8. The van der Waals surface area contributed by atoms with Gasteiger partial charge in [0, 0.05) is 11.1 Å². The standard InChI is InChI=1S/C13H11ClF2N2O2S/c1-7-4-10(16)12(6-9(7)15)18-21(19,20)13-5-8(14)2-3-11(13)17/h2-6,18H,17H2,1H3. The molecule has 4 nitrogen and oxygen atoms in total. The fourth-order valence-corrected chi connectivity index (χ4v) is 3.12. The molecule has 21 heavy (non-hydrogen) atoms. The van der Waals surface area contributed by atoms with E-state index >= 15 is 0 Å². The molecule has 0 aliphatic heterocycles. The average molecular weight is 333 g/mol. The summed E-state index contributed by atoms with van der Waals surface area (Å²) >= 11 is 5.72. The van der Waals surface area contributed by atoms with E-state index in [4.69, 9.17) is 17.3 Å². The molecule has 2 rings (SSSR count). The Balaban J connectivity index is 2.47. The van der Waals surface area contributed by atoms with Gasteiger partial charge in [-0.1, -0.05) is 11.6 Å². The molecule has 8 heteroatoms. The topological polar surface area (TPSA) is 72.2 Å². The average Bonchev–Trinajstić information content (AvgIpc) is 2.38. The molecule has 0 aliphatic carbocycles. The molecular weight excluding hydrogens is 322 g/mol. The van der Waals surface area contributed by atoms with Gasteiger partial charge in [-0.25, -0.2) is 17.2 Å². The molecule has 0 heterocycles. The predicted molar refractivity (Wildman–Crippen MR) is 77.8 cm³/mol. The van der Waals surface area contributed by atoms with Gasteiger partial charge in [0.2, 0.25) is 0 Å². The fraction of sp³-hybridized carbons (Fsp3) is 0.0769. The van der Waals surface area contributed by atoms with Crippen LogP contribution in [0.1, 0.15) is 5.56 Å². The van der Waals surface area contributed by atoms with Crippen LogP contribution in [0.4, 0.5) is 20.2 Å². The summed E-state index contributed by atoms with van der Waals surface area (Å²) < 4.78 is 53.5. The number of rotatable bonds is 3. The van der Waals surface area contributed by atoms with Crippen molar-refractivity contribution in [2.24, 2.45) is 0 Å². The molecule has 0 saturated heterocycles. The molecule has 0 amide bonds. The molecule has 0 unspecified atom stereocenters. The van der Waals surface area contributed by atoms with Crippen LogP contribution in [0.15, 0.2) is 35.2 Å². The number of sulfonamides is 1. The highest BCUT2D eigenvalue weighted by molar-refractivity contribution is 7.92. The maximum atomic E-state index is 13.7. The summed E-state index contributed by atoms with van der Waals surface area (Å²) in [5.74, 6) is -1.62. The molecule has 0 atom stereocenters. The molecular formula is C13H11ClF2N2O2S. The van der Waals surface area contributed by atoms with Crippen LogP contribution >= 0.6 is 11.6 Å². The second-order valence-corrected chi connectivity index (χ2v) is 6.46. The van der Waals surface area contributed by atoms with Crippen LogP contribution in [0.5, 0.6) is 0 Å². The van der Waals surface area contributed by atoms with Gasteiger partial charge in [-0.15, -0.1) is 0 Å². The van der Waals surface area contributed by atoms with Gasteiger partial charge < -0.3 is 5.73 Å². The number of nitrogen functional groups attached to an aromatic ring is 1. The van der Waals surface area contributed by atoms with Gasteiger partial charge >= 0.3 is 0 Å². The lowest BCUT2D eigenvalue weighted by atomic mass is 10.2. The Morgan fingerprint density at radius 1 is 1.14 bits per heavy atom. The van der Waals surface area contributed by atoms with E-state index in [9.17, 15) is 17.2 Å². The number of nitrogens with two attached hydrogens (primary N) is 1. The third-order valence-corrected chi connectivity index (χ3v) is 4.41. The van der Waals surface area contributed by atoms with E-state index in [-0.39, 0.29) is 21.2 Å². The van der Waals surface area contributed by atoms with E-state index in [2.05, 4.69) is 0 Å². The summed E-state index contributed by atoms with van der Waals surface area (Å²) in [6.45, 7) is 1.37. The first-order chi connectivity index (χ1) is 9.70. The molecule has 2 aromatic rings. The van der Waals surface area contributed by atoms with Gasteiger partial charge in [0.15, 0.2) is 0 Å². The van der Waals surface area contributed by atoms with Gasteiger partial charge in [-0.3, -0.25) is 4.72 Å². The van der Waals surface area contributed by atoms with Crippen molar-refractivity contribution in [2.45, 2.75) is 11.8 Å². The monoisotopic (exact) mass is 332 g/mol. The summed E-state index contributed by atoms with van der Waals surface area (Å²) in [6, 6.07) is 5.52. The van der Waals surface area contributed by atoms with Crippen LogP contribution in [0.3, 0.4) is 0 Å². The van der Waals surface area contributed by atoms with Crippen LogP contribution in [-0.4, -0.2) is 8.42 Å². The highest BCUT2D eigenvalue weighted by Gasteiger charge is 2.20. The van der Waals surface area contributed by atoms with Gasteiger partial charge in [-0.05, 0) is 36.8 Å². The Labute approximate surface area is 125 Å². The first kappa shape index (κ1) is 15.5. The first-order valence-corrected chi connectivity index (χ1v) is 7.60. The van der Waals surface area contributed by atoms with Crippen LogP contribution < -0.4 is 10.5 Å². The SMILES string of the molecule is Cc1cc(F)c(NS(=O)(=O)c2cc(Cl)ccc2N)cc1F. The highest BCUT2D eigenvalue weighted by atomic mass is 35.5. The Kier molecular flexibility index (Phi) is 4.06. The zero-order chi connectivity index (χ0) is 15.8. The van der Waals surface area contributed by atoms with Crippen molar-refractivity contribution in [3.05, 3.63) is 52.6 Å². The summed E-state index contributed by atoms with van der Waals surface area (Å²) in [4.78, 5) is -0.310. The van der Waals surface area contributed by atoms with Crippen molar-refractivity contribution >= 4 is 33.0 Å². The van der Waals surface area contributed by atoms with Crippen LogP contribution in [-0.2, 0) is 10.0 Å². The van der Waals surface area contributed by atoms with Crippen molar-refractivity contribution in [3.8, 4) is 0 Å². The normalized spacial score (nSPS) is 11.4. The van der Waals surface area contributed by atoms with E-state index in [0.717, 1.165) is 18.2 Å². The van der Waals surface area contributed by atoms with E-state index < -0.39 is 27.3 Å². The molecule has 0 radical (unpaired) electrons. The molecule has 0 bridgehead atoms. The number of benzene rings is 2. The minimum atomic E-state index is -4.18. The maximum Gasteiger partial charge on any atom is 0.264 e. The maximum absolute atomic E-state index is 13.7. The zero-order valence-corrected chi connectivity index (χ0v) is 12.4. The highest BCUT2D eigenvalue weighted by Crippen LogP contribution is 2.27. The lowest BCUT2D eigenvalue weighted by Gasteiger charge is -2.12. The fourth-order valence-electron chi connectivity index (χ4n) is 1.67. The minimum absolute atomic E-state index is 0.0557. The van der Waals surface area contributed by atoms with E-state index in [0.29, 0.717) is 0 Å². The Bertz CT molecular complexity index is 810. The van der Waals surface area contributed by atoms with Gasteiger partial charge in [0.1, 0.15) is 16.5 Å². The predicted octanol–water partition coefficient (Wildman–Crippen LogP) is 3.31. The molecule has 0 aliphatic rings. The van der Waals surface area contributed by atoms with Crippen molar-refractivity contribution in [2.75, 3.05) is 10.5 Å². The van der Waals surface area contributed by atoms with E-state index in [1.54, 1.807) is 0 Å². The van der Waals surface area contributed by atoms with Crippen LogP contribution in [0.2, 0.25) is 5.02 Å². The molecule has 3 N–H and O–H groups in total. The number of hydrogen-bond donors (Lipinski definition) is 2. The van der Waals surface area contributed by atoms with E-state index in [1.807, 2.05) is 4.72 Å². The molecule has 2 aromatic carbocycles. The van der Waals surface area contributed by atoms with Crippen molar-refractivity contribution < 1.29 is 17.2 Å². The number of hydrogen-bond acceptors (Lipinski definition) is 3. The molecule has 0 aromatic heterocycles. The second-order valence-electron chi connectivity index (χ2n) is 4.37. The summed E-state index contributed by atoms with van der Waals surface area (Å²) in [7, 11) is -4.18. The molecule has 0 saturated carbocycles. The summed E-state index contributed by atoms with van der Waals surface area (Å²) in [5.41, 5.74) is 5.08.